The summed E-state index contributed by atoms with van der Waals surface area (Å²) in [5.74, 6) is -0.0851. The number of amides is 2. The zero-order valence-electron chi connectivity index (χ0n) is 13.7. The molecule has 0 aliphatic carbocycles. The van der Waals surface area contributed by atoms with Gasteiger partial charge in [0.05, 0.1) is 12.5 Å². The van der Waals surface area contributed by atoms with Gasteiger partial charge < -0.3 is 10.6 Å². The van der Waals surface area contributed by atoms with Crippen LogP contribution in [0.15, 0.2) is 30.3 Å². The van der Waals surface area contributed by atoms with E-state index in [1.165, 1.54) is 0 Å². The summed E-state index contributed by atoms with van der Waals surface area (Å²) in [6, 6.07) is 10.1. The number of primary amides is 1. The molecular formula is C18H25N3O2. The van der Waals surface area contributed by atoms with Gasteiger partial charge in [0.15, 0.2) is 0 Å². The normalized spacial score (nSPS) is 24.8. The molecule has 2 N–H and O–H groups in total. The highest BCUT2D eigenvalue weighted by Crippen LogP contribution is 2.45. The van der Waals surface area contributed by atoms with Crippen LogP contribution in [0.3, 0.4) is 0 Å². The molecular weight excluding hydrogens is 290 g/mol. The first kappa shape index (κ1) is 16.0. The summed E-state index contributed by atoms with van der Waals surface area (Å²) in [5.41, 5.74) is 6.58. The van der Waals surface area contributed by atoms with E-state index in [2.05, 4.69) is 17.0 Å². The van der Waals surface area contributed by atoms with Crippen molar-refractivity contribution in [3.05, 3.63) is 35.9 Å². The summed E-state index contributed by atoms with van der Waals surface area (Å²) in [4.78, 5) is 27.7. The van der Waals surface area contributed by atoms with Gasteiger partial charge in [-0.05, 0) is 43.3 Å². The molecule has 2 aliphatic heterocycles. The first-order chi connectivity index (χ1) is 11.0. The van der Waals surface area contributed by atoms with Crippen molar-refractivity contribution in [1.29, 1.82) is 0 Å². The Kier molecular flexibility index (Phi) is 4.39. The van der Waals surface area contributed by atoms with E-state index in [0.29, 0.717) is 6.54 Å². The quantitative estimate of drug-likeness (QED) is 0.911. The number of likely N-dealkylation sites (N-methyl/N-ethyl adjacent to an activating group) is 1. The second-order valence-electron chi connectivity index (χ2n) is 7.10. The van der Waals surface area contributed by atoms with Gasteiger partial charge in [-0.25, -0.2) is 0 Å². The fourth-order valence-electron chi connectivity index (χ4n) is 4.15. The minimum Gasteiger partial charge on any atom is -0.369 e. The van der Waals surface area contributed by atoms with E-state index in [0.717, 1.165) is 44.5 Å². The second-order valence-corrected chi connectivity index (χ2v) is 7.10. The Bertz CT molecular complexity index is 579. The number of piperidine rings is 2. The Labute approximate surface area is 137 Å². The first-order valence-electron chi connectivity index (χ1n) is 8.30. The Morgan fingerprint density at radius 1 is 1.26 bits per heavy atom. The highest BCUT2D eigenvalue weighted by Gasteiger charge is 2.45. The number of nitrogens with two attached hydrogens (primary N) is 1. The summed E-state index contributed by atoms with van der Waals surface area (Å²) in [6.45, 7) is 2.92. The number of carbonyl (C=O) groups excluding carboxylic acids is 2. The molecule has 3 rings (SSSR count). The molecule has 5 nitrogen and oxygen atoms in total. The molecule has 0 radical (unpaired) electrons. The molecule has 2 heterocycles. The summed E-state index contributed by atoms with van der Waals surface area (Å²) >= 11 is 0. The topological polar surface area (TPSA) is 66.6 Å². The van der Waals surface area contributed by atoms with Crippen LogP contribution in [-0.4, -0.2) is 54.8 Å². The fraction of sp³-hybridized carbons (Fsp3) is 0.556. The lowest BCUT2D eigenvalue weighted by atomic mass is 9.68. The van der Waals surface area contributed by atoms with Gasteiger partial charge in [-0.15, -0.1) is 0 Å². The van der Waals surface area contributed by atoms with Crippen LogP contribution in [0.4, 0.5) is 0 Å². The van der Waals surface area contributed by atoms with Crippen molar-refractivity contribution in [3.8, 4) is 0 Å². The molecule has 2 aliphatic rings. The van der Waals surface area contributed by atoms with Gasteiger partial charge in [0.1, 0.15) is 0 Å². The molecule has 2 saturated heterocycles. The average Bonchev–Trinajstić information content (AvgIpc) is 2.54. The largest absolute Gasteiger partial charge is 0.369 e. The number of nitrogens with zero attached hydrogens (tertiary/aromatic N) is 2. The minimum absolute atomic E-state index is 0.0439. The zero-order valence-corrected chi connectivity index (χ0v) is 13.7. The van der Waals surface area contributed by atoms with Crippen LogP contribution in [0.1, 0.15) is 30.7 Å². The molecule has 1 aromatic rings. The average molecular weight is 315 g/mol. The van der Waals surface area contributed by atoms with Crippen LogP contribution in [0.5, 0.6) is 0 Å². The standard InChI is InChI=1S/C18H25N3O2/c1-20-13-18(7-9-21(10-8-18)12-16(19)22)11-15(17(20)23)14-5-3-2-4-6-14/h2-6,15H,7-13H2,1H3,(H2,19,22)/t15-/m0/s1. The minimum atomic E-state index is -0.265. The number of rotatable bonds is 3. The third kappa shape index (κ3) is 3.39. The van der Waals surface area contributed by atoms with Crippen LogP contribution < -0.4 is 5.73 Å². The predicted octanol–water partition coefficient (Wildman–Crippen LogP) is 1.20. The third-order valence-corrected chi connectivity index (χ3v) is 5.38. The highest BCUT2D eigenvalue weighted by molar-refractivity contribution is 5.84. The Morgan fingerprint density at radius 2 is 1.91 bits per heavy atom. The van der Waals surface area contributed by atoms with E-state index < -0.39 is 0 Å². The van der Waals surface area contributed by atoms with Crippen LogP contribution >= 0.6 is 0 Å². The molecule has 124 valence electrons. The van der Waals surface area contributed by atoms with E-state index in [1.54, 1.807) is 0 Å². The monoisotopic (exact) mass is 315 g/mol. The van der Waals surface area contributed by atoms with Gasteiger partial charge in [-0.1, -0.05) is 30.3 Å². The molecule has 2 fully saturated rings. The van der Waals surface area contributed by atoms with Crippen molar-refractivity contribution in [2.75, 3.05) is 33.2 Å². The third-order valence-electron chi connectivity index (χ3n) is 5.38. The van der Waals surface area contributed by atoms with Crippen molar-refractivity contribution < 1.29 is 9.59 Å². The summed E-state index contributed by atoms with van der Waals surface area (Å²) in [5, 5.41) is 0. The van der Waals surface area contributed by atoms with Crippen LogP contribution in [0, 0.1) is 5.41 Å². The van der Waals surface area contributed by atoms with Gasteiger partial charge in [0, 0.05) is 13.6 Å². The number of carbonyl (C=O) groups is 2. The Balaban J connectivity index is 1.74. The van der Waals surface area contributed by atoms with Crippen LogP contribution in [0.2, 0.25) is 0 Å². The zero-order chi connectivity index (χ0) is 16.4. The first-order valence-corrected chi connectivity index (χ1v) is 8.30. The molecule has 0 aromatic heterocycles. The van der Waals surface area contributed by atoms with Gasteiger partial charge in [0.2, 0.25) is 11.8 Å². The van der Waals surface area contributed by atoms with Crippen molar-refractivity contribution in [1.82, 2.24) is 9.80 Å². The molecule has 2 amide bonds. The molecule has 1 aromatic carbocycles. The maximum Gasteiger partial charge on any atom is 0.231 e. The maximum atomic E-state index is 12.6. The van der Waals surface area contributed by atoms with Crippen LogP contribution in [-0.2, 0) is 9.59 Å². The van der Waals surface area contributed by atoms with E-state index in [1.807, 2.05) is 30.1 Å². The van der Waals surface area contributed by atoms with E-state index in [4.69, 9.17) is 5.73 Å². The summed E-state index contributed by atoms with van der Waals surface area (Å²) in [6.07, 6.45) is 2.94. The van der Waals surface area contributed by atoms with Crippen molar-refractivity contribution in [3.63, 3.8) is 0 Å². The van der Waals surface area contributed by atoms with Gasteiger partial charge in [0.25, 0.3) is 0 Å². The molecule has 1 atom stereocenters. The second kappa shape index (κ2) is 6.32. The number of hydrogen-bond donors (Lipinski definition) is 1. The van der Waals surface area contributed by atoms with Crippen molar-refractivity contribution in [2.45, 2.75) is 25.2 Å². The number of benzene rings is 1. The van der Waals surface area contributed by atoms with E-state index in [-0.39, 0.29) is 23.1 Å². The SMILES string of the molecule is CN1CC2(CCN(CC(N)=O)CC2)C[C@@H](c2ccccc2)C1=O. The molecule has 1 spiro atoms. The molecule has 23 heavy (non-hydrogen) atoms. The molecule has 5 heteroatoms. The Hall–Kier alpha value is -1.88. The number of hydrogen-bond acceptors (Lipinski definition) is 3. The van der Waals surface area contributed by atoms with Gasteiger partial charge >= 0.3 is 0 Å². The number of likely N-dealkylation sites (tertiary alicyclic amines) is 2. The van der Waals surface area contributed by atoms with Crippen molar-refractivity contribution >= 4 is 11.8 Å². The maximum absolute atomic E-state index is 12.6. The summed E-state index contributed by atoms with van der Waals surface area (Å²) < 4.78 is 0. The van der Waals surface area contributed by atoms with Gasteiger partial charge in [-0.3, -0.25) is 14.5 Å². The fourth-order valence-corrected chi connectivity index (χ4v) is 4.15. The molecule has 0 bridgehead atoms. The molecule has 0 unspecified atom stereocenters. The smallest absolute Gasteiger partial charge is 0.231 e. The lowest BCUT2D eigenvalue weighted by molar-refractivity contribution is -0.139. The highest BCUT2D eigenvalue weighted by atomic mass is 16.2. The van der Waals surface area contributed by atoms with E-state index in [9.17, 15) is 9.59 Å². The van der Waals surface area contributed by atoms with Crippen LogP contribution in [0.25, 0.3) is 0 Å². The predicted molar refractivity (Wildman–Crippen MR) is 88.7 cm³/mol. The Morgan fingerprint density at radius 3 is 2.52 bits per heavy atom. The lowest BCUT2D eigenvalue weighted by Crippen LogP contribution is -2.53. The van der Waals surface area contributed by atoms with E-state index >= 15 is 0 Å². The van der Waals surface area contributed by atoms with Crippen molar-refractivity contribution in [2.24, 2.45) is 11.1 Å². The molecule has 0 saturated carbocycles. The summed E-state index contributed by atoms with van der Waals surface area (Å²) in [7, 11) is 1.91. The lowest BCUT2D eigenvalue weighted by Gasteiger charge is -2.49. The van der Waals surface area contributed by atoms with Gasteiger partial charge in [-0.2, -0.15) is 0 Å².